The smallest absolute Gasteiger partial charge is 0.231 e. The fourth-order valence-corrected chi connectivity index (χ4v) is 2.53. The van der Waals surface area contributed by atoms with Gasteiger partial charge < -0.3 is 10.6 Å². The van der Waals surface area contributed by atoms with Gasteiger partial charge in [0.25, 0.3) is 0 Å². The molecule has 1 aromatic rings. The second kappa shape index (κ2) is 6.18. The number of hydrogen-bond acceptors (Lipinski definition) is 3. The lowest BCUT2D eigenvalue weighted by molar-refractivity contribution is -0.117. The third-order valence-corrected chi connectivity index (χ3v) is 3.66. The first-order chi connectivity index (χ1) is 9.54. The van der Waals surface area contributed by atoms with Gasteiger partial charge in [0.15, 0.2) is 5.78 Å². The predicted octanol–water partition coefficient (Wildman–Crippen LogP) is 2.15. The number of anilines is 1. The van der Waals surface area contributed by atoms with Crippen LogP contribution in [0.15, 0.2) is 18.2 Å². The molecule has 1 aromatic carbocycles. The molecule has 20 heavy (non-hydrogen) atoms. The number of nitrogens with two attached hydrogens (primary N) is 1. The van der Waals surface area contributed by atoms with Gasteiger partial charge in [0.2, 0.25) is 5.91 Å². The molecule has 1 aliphatic heterocycles. The molecular formula is C16H22N2O2. The normalized spacial score (nSPS) is 14.0. The number of Topliss-reactive ketones (excluding diaryl/α,β-unsaturated/α-hetero) is 1. The highest BCUT2D eigenvalue weighted by Gasteiger charge is 2.27. The molecule has 0 saturated heterocycles. The SMILES string of the molecule is CC(C)C(=O)c1ccc2c(c1)CC(=O)N2CCCCN. The van der Waals surface area contributed by atoms with E-state index in [0.717, 1.165) is 24.1 Å². The Morgan fingerprint density at radius 1 is 1.35 bits per heavy atom. The fraction of sp³-hybridized carbons (Fsp3) is 0.500. The van der Waals surface area contributed by atoms with Crippen LogP contribution in [0.3, 0.4) is 0 Å². The number of amides is 1. The molecule has 1 amide bonds. The summed E-state index contributed by atoms with van der Waals surface area (Å²) in [6, 6.07) is 5.60. The molecule has 0 atom stereocenters. The lowest BCUT2D eigenvalue weighted by atomic mass is 9.98. The van der Waals surface area contributed by atoms with Crippen molar-refractivity contribution in [2.24, 2.45) is 11.7 Å². The van der Waals surface area contributed by atoms with Crippen LogP contribution in [-0.4, -0.2) is 24.8 Å². The van der Waals surface area contributed by atoms with Gasteiger partial charge in [-0.2, -0.15) is 0 Å². The second-order valence-corrected chi connectivity index (χ2v) is 5.58. The van der Waals surface area contributed by atoms with E-state index in [9.17, 15) is 9.59 Å². The van der Waals surface area contributed by atoms with Crippen molar-refractivity contribution in [3.63, 3.8) is 0 Å². The van der Waals surface area contributed by atoms with Crippen LogP contribution in [0.4, 0.5) is 5.69 Å². The van der Waals surface area contributed by atoms with E-state index in [1.165, 1.54) is 0 Å². The van der Waals surface area contributed by atoms with E-state index in [1.54, 1.807) is 0 Å². The van der Waals surface area contributed by atoms with Crippen LogP contribution in [0.2, 0.25) is 0 Å². The molecule has 0 unspecified atom stereocenters. The van der Waals surface area contributed by atoms with Gasteiger partial charge >= 0.3 is 0 Å². The quantitative estimate of drug-likeness (QED) is 0.638. The zero-order chi connectivity index (χ0) is 14.7. The summed E-state index contributed by atoms with van der Waals surface area (Å²) in [5.41, 5.74) is 8.11. The van der Waals surface area contributed by atoms with Crippen molar-refractivity contribution in [1.82, 2.24) is 0 Å². The Balaban J connectivity index is 2.19. The third-order valence-electron chi connectivity index (χ3n) is 3.66. The minimum Gasteiger partial charge on any atom is -0.330 e. The molecule has 0 saturated carbocycles. The van der Waals surface area contributed by atoms with Gasteiger partial charge in [0.05, 0.1) is 6.42 Å². The number of carbonyl (C=O) groups excluding carboxylic acids is 2. The molecule has 0 aromatic heterocycles. The molecule has 1 aliphatic rings. The van der Waals surface area contributed by atoms with E-state index >= 15 is 0 Å². The minimum absolute atomic E-state index is 0.0224. The Hall–Kier alpha value is -1.68. The molecule has 0 fully saturated rings. The standard InChI is InChI=1S/C16H22N2O2/c1-11(2)16(20)12-5-6-14-13(9-12)10-15(19)18(14)8-4-3-7-17/h5-6,9,11H,3-4,7-8,10,17H2,1-2H3. The first-order valence-electron chi connectivity index (χ1n) is 7.22. The van der Waals surface area contributed by atoms with Gasteiger partial charge in [0.1, 0.15) is 0 Å². The highest BCUT2D eigenvalue weighted by atomic mass is 16.2. The zero-order valence-corrected chi connectivity index (χ0v) is 12.2. The molecule has 2 rings (SSSR count). The van der Waals surface area contributed by atoms with Crippen molar-refractivity contribution in [3.8, 4) is 0 Å². The summed E-state index contributed by atoms with van der Waals surface area (Å²) < 4.78 is 0. The van der Waals surface area contributed by atoms with Crippen LogP contribution in [0.5, 0.6) is 0 Å². The number of carbonyl (C=O) groups is 2. The summed E-state index contributed by atoms with van der Waals surface area (Å²) in [5, 5.41) is 0. The van der Waals surface area contributed by atoms with Crippen molar-refractivity contribution in [2.45, 2.75) is 33.1 Å². The second-order valence-electron chi connectivity index (χ2n) is 5.58. The Morgan fingerprint density at radius 3 is 2.75 bits per heavy atom. The maximum absolute atomic E-state index is 12.1. The van der Waals surface area contributed by atoms with Gasteiger partial charge in [-0.05, 0) is 43.1 Å². The number of rotatable bonds is 6. The van der Waals surface area contributed by atoms with Crippen LogP contribution >= 0.6 is 0 Å². The molecule has 4 nitrogen and oxygen atoms in total. The maximum Gasteiger partial charge on any atom is 0.231 e. The summed E-state index contributed by atoms with van der Waals surface area (Å²) in [7, 11) is 0. The maximum atomic E-state index is 12.1. The van der Waals surface area contributed by atoms with E-state index in [2.05, 4.69) is 0 Å². The fourth-order valence-electron chi connectivity index (χ4n) is 2.53. The molecule has 0 bridgehead atoms. The number of nitrogens with zero attached hydrogens (tertiary/aromatic N) is 1. The monoisotopic (exact) mass is 274 g/mol. The topological polar surface area (TPSA) is 63.4 Å². The summed E-state index contributed by atoms with van der Waals surface area (Å²) in [4.78, 5) is 25.9. The molecule has 108 valence electrons. The molecule has 1 heterocycles. The minimum atomic E-state index is -0.0224. The van der Waals surface area contributed by atoms with Gasteiger partial charge in [0, 0.05) is 23.7 Å². The van der Waals surface area contributed by atoms with Crippen LogP contribution < -0.4 is 10.6 Å². The Bertz CT molecular complexity index is 523. The highest BCUT2D eigenvalue weighted by molar-refractivity contribution is 6.04. The van der Waals surface area contributed by atoms with Crippen molar-refractivity contribution in [1.29, 1.82) is 0 Å². The highest BCUT2D eigenvalue weighted by Crippen LogP contribution is 2.30. The van der Waals surface area contributed by atoms with Gasteiger partial charge in [-0.25, -0.2) is 0 Å². The Kier molecular flexibility index (Phi) is 4.55. The number of ketones is 1. The van der Waals surface area contributed by atoms with E-state index in [0.29, 0.717) is 25.1 Å². The van der Waals surface area contributed by atoms with Crippen LogP contribution in [0.25, 0.3) is 0 Å². The number of benzene rings is 1. The molecule has 2 N–H and O–H groups in total. The van der Waals surface area contributed by atoms with Crippen molar-refractivity contribution >= 4 is 17.4 Å². The Morgan fingerprint density at radius 2 is 2.10 bits per heavy atom. The van der Waals surface area contributed by atoms with Crippen molar-refractivity contribution in [3.05, 3.63) is 29.3 Å². The van der Waals surface area contributed by atoms with E-state index < -0.39 is 0 Å². The summed E-state index contributed by atoms with van der Waals surface area (Å²) in [5.74, 6) is 0.221. The first kappa shape index (κ1) is 14.7. The van der Waals surface area contributed by atoms with E-state index in [-0.39, 0.29) is 17.6 Å². The molecule has 0 radical (unpaired) electrons. The average molecular weight is 274 g/mol. The Labute approximate surface area is 119 Å². The summed E-state index contributed by atoms with van der Waals surface area (Å²) >= 11 is 0. The lowest BCUT2D eigenvalue weighted by Gasteiger charge is -2.17. The number of fused-ring (bicyclic) bond motifs is 1. The van der Waals surface area contributed by atoms with Crippen molar-refractivity contribution in [2.75, 3.05) is 18.0 Å². The van der Waals surface area contributed by atoms with Crippen LogP contribution in [-0.2, 0) is 11.2 Å². The average Bonchev–Trinajstić information content (AvgIpc) is 2.73. The molecule has 4 heteroatoms. The lowest BCUT2D eigenvalue weighted by Crippen LogP contribution is -2.28. The van der Waals surface area contributed by atoms with E-state index in [1.807, 2.05) is 36.9 Å². The summed E-state index contributed by atoms with van der Waals surface area (Å²) in [6.07, 6.45) is 2.23. The zero-order valence-electron chi connectivity index (χ0n) is 12.2. The first-order valence-corrected chi connectivity index (χ1v) is 7.22. The van der Waals surface area contributed by atoms with Crippen molar-refractivity contribution < 1.29 is 9.59 Å². The summed E-state index contributed by atoms with van der Waals surface area (Å²) in [6.45, 7) is 5.14. The number of unbranched alkanes of at least 4 members (excludes halogenated alkanes) is 1. The van der Waals surface area contributed by atoms with Gasteiger partial charge in [-0.15, -0.1) is 0 Å². The van der Waals surface area contributed by atoms with Crippen LogP contribution in [0, 0.1) is 5.92 Å². The number of hydrogen-bond donors (Lipinski definition) is 1. The molecular weight excluding hydrogens is 252 g/mol. The predicted molar refractivity (Wildman–Crippen MR) is 80.0 cm³/mol. The van der Waals surface area contributed by atoms with Gasteiger partial charge in [-0.3, -0.25) is 9.59 Å². The van der Waals surface area contributed by atoms with Crippen LogP contribution in [0.1, 0.15) is 42.6 Å². The van der Waals surface area contributed by atoms with Gasteiger partial charge in [-0.1, -0.05) is 13.8 Å². The third kappa shape index (κ3) is 2.90. The molecule has 0 spiro atoms. The largest absolute Gasteiger partial charge is 0.330 e. The van der Waals surface area contributed by atoms with E-state index in [4.69, 9.17) is 5.73 Å². The molecule has 0 aliphatic carbocycles.